The van der Waals surface area contributed by atoms with Gasteiger partial charge in [-0.2, -0.15) is 0 Å². The van der Waals surface area contributed by atoms with Crippen LogP contribution in [0.15, 0.2) is 85.1 Å². The van der Waals surface area contributed by atoms with Crippen molar-refractivity contribution in [2.75, 3.05) is 13.2 Å². The van der Waals surface area contributed by atoms with E-state index in [1.807, 2.05) is 48.6 Å². The van der Waals surface area contributed by atoms with Crippen LogP contribution in [0.25, 0.3) is 0 Å². The molecule has 0 fully saturated rings. The summed E-state index contributed by atoms with van der Waals surface area (Å²) in [5.41, 5.74) is 0. The molecule has 0 aliphatic rings. The lowest BCUT2D eigenvalue weighted by Crippen LogP contribution is -2.29. The molecule has 1 unspecified atom stereocenters. The molecule has 10 heteroatoms. The molecule has 59 heavy (non-hydrogen) atoms. The monoisotopic (exact) mass is 847 g/mol. The van der Waals surface area contributed by atoms with Crippen LogP contribution in [0.2, 0.25) is 0 Å². The first kappa shape index (κ1) is 56.2. The molecule has 0 aromatic rings. The summed E-state index contributed by atoms with van der Waals surface area (Å²) < 4.78 is 26.4. The van der Waals surface area contributed by atoms with Gasteiger partial charge in [0.05, 0.1) is 12.7 Å². The maximum absolute atomic E-state index is 12.4. The Morgan fingerprint density at radius 3 is 1.61 bits per heavy atom. The van der Waals surface area contributed by atoms with Crippen LogP contribution in [0.5, 0.6) is 0 Å². The van der Waals surface area contributed by atoms with E-state index in [4.69, 9.17) is 19.3 Å². The molecule has 0 aliphatic carbocycles. The van der Waals surface area contributed by atoms with E-state index in [-0.39, 0.29) is 19.4 Å². The largest absolute Gasteiger partial charge is 0.469 e. The van der Waals surface area contributed by atoms with E-state index in [2.05, 4.69) is 48.8 Å². The van der Waals surface area contributed by atoms with E-state index in [0.717, 1.165) is 44.9 Å². The zero-order valence-electron chi connectivity index (χ0n) is 37.0. The van der Waals surface area contributed by atoms with Crippen molar-refractivity contribution in [2.45, 2.75) is 199 Å². The Kier molecular flexibility index (Phi) is 41.2. The molecule has 9 nitrogen and oxygen atoms in total. The Morgan fingerprint density at radius 2 is 1.05 bits per heavy atom. The molecule has 2 atom stereocenters. The van der Waals surface area contributed by atoms with Gasteiger partial charge in [0.1, 0.15) is 6.61 Å². The summed E-state index contributed by atoms with van der Waals surface area (Å²) in [5, 5.41) is 9.82. The van der Waals surface area contributed by atoms with Gasteiger partial charge in [-0.25, -0.2) is 4.57 Å². The van der Waals surface area contributed by atoms with Crippen LogP contribution in [-0.2, 0) is 28.2 Å². The fourth-order valence-corrected chi connectivity index (χ4v) is 6.43. The molecule has 0 aromatic carbocycles. The van der Waals surface area contributed by atoms with Gasteiger partial charge in [0, 0.05) is 12.8 Å². The van der Waals surface area contributed by atoms with Gasteiger partial charge in [0.15, 0.2) is 6.10 Å². The van der Waals surface area contributed by atoms with E-state index in [1.54, 1.807) is 6.08 Å². The molecule has 0 radical (unpaired) electrons. The maximum atomic E-state index is 12.4. The molecule has 0 rings (SSSR count). The normalized spacial score (nSPS) is 13.8. The number of aliphatic hydroxyl groups excluding tert-OH is 1. The second-order valence-corrected chi connectivity index (χ2v) is 16.4. The number of carbonyl (C=O) groups excluding carboxylic acids is 2. The van der Waals surface area contributed by atoms with Crippen molar-refractivity contribution in [2.24, 2.45) is 0 Å². The second kappa shape index (κ2) is 43.3. The molecule has 0 amide bonds. The van der Waals surface area contributed by atoms with Crippen molar-refractivity contribution in [3.8, 4) is 0 Å². The number of rotatable bonds is 41. The number of carbonyl (C=O) groups is 2. The molecule has 0 aromatic heterocycles. The van der Waals surface area contributed by atoms with Crippen molar-refractivity contribution in [3.63, 3.8) is 0 Å². The van der Waals surface area contributed by atoms with E-state index in [9.17, 15) is 19.3 Å². The van der Waals surface area contributed by atoms with Crippen LogP contribution in [0.4, 0.5) is 0 Å². The van der Waals surface area contributed by atoms with Crippen LogP contribution >= 0.6 is 7.82 Å². The van der Waals surface area contributed by atoms with E-state index < -0.39 is 38.6 Å². The van der Waals surface area contributed by atoms with Crippen LogP contribution in [-0.4, -0.2) is 52.3 Å². The Hall–Kier alpha value is -2.81. The zero-order chi connectivity index (χ0) is 43.3. The van der Waals surface area contributed by atoms with Crippen molar-refractivity contribution < 1.29 is 43.0 Å². The highest BCUT2D eigenvalue weighted by Gasteiger charge is 2.22. The molecule has 0 saturated carbocycles. The van der Waals surface area contributed by atoms with Crippen LogP contribution in [0, 0.1) is 0 Å². The second-order valence-electron chi connectivity index (χ2n) is 15.2. The molecule has 338 valence electrons. The number of phosphoric acid groups is 1. The predicted molar refractivity (Wildman–Crippen MR) is 245 cm³/mol. The minimum atomic E-state index is -4.79. The molecular weight excluding hydrogens is 764 g/mol. The summed E-state index contributed by atoms with van der Waals surface area (Å²) in [5.74, 6) is -1.01. The number of aliphatic hydroxyl groups is 1. The molecule has 0 bridgehead atoms. The molecule has 3 N–H and O–H groups in total. The lowest BCUT2D eigenvalue weighted by molar-refractivity contribution is -0.161. The van der Waals surface area contributed by atoms with Gasteiger partial charge in [0.2, 0.25) is 0 Å². The average Bonchev–Trinajstić information content (AvgIpc) is 3.20. The zero-order valence-corrected chi connectivity index (χ0v) is 37.9. The maximum Gasteiger partial charge on any atom is 0.469 e. The number of ether oxygens (including phenoxy) is 2. The summed E-state index contributed by atoms with van der Waals surface area (Å²) in [6, 6.07) is 0. The Labute approximate surface area is 359 Å². The fraction of sp³-hybridized carbons (Fsp3) is 0.673. The molecule has 0 spiro atoms. The van der Waals surface area contributed by atoms with Crippen molar-refractivity contribution in [1.82, 2.24) is 0 Å². The number of allylic oxidation sites excluding steroid dienone is 12. The number of phosphoric ester groups is 1. The van der Waals surface area contributed by atoms with Crippen molar-refractivity contribution in [3.05, 3.63) is 85.1 Å². The van der Waals surface area contributed by atoms with E-state index >= 15 is 0 Å². The highest BCUT2D eigenvalue weighted by atomic mass is 31.2. The van der Waals surface area contributed by atoms with E-state index in [1.165, 1.54) is 96.3 Å². The summed E-state index contributed by atoms with van der Waals surface area (Å²) in [6.45, 7) is 3.42. The SMILES string of the molecule is CC/C=C\CC(O)/C=C/C=C/C/C=C\C/C=C\C/C=C\CCC(=O)O[C@H](COC(=O)CCCCCCCCCCCCC/C=C\CCCCCCCC)COP(=O)(O)O. The number of unbranched alkanes of at least 4 members (excludes halogenated alkanes) is 17. The summed E-state index contributed by atoms with van der Waals surface area (Å²) in [4.78, 5) is 42.9. The van der Waals surface area contributed by atoms with Gasteiger partial charge in [-0.3, -0.25) is 14.1 Å². The first-order valence-corrected chi connectivity index (χ1v) is 24.5. The lowest BCUT2D eigenvalue weighted by Gasteiger charge is -2.18. The third-order valence-corrected chi connectivity index (χ3v) is 9.98. The smallest absolute Gasteiger partial charge is 0.462 e. The van der Waals surface area contributed by atoms with Gasteiger partial charge in [0.25, 0.3) is 0 Å². The predicted octanol–water partition coefficient (Wildman–Crippen LogP) is 13.4. The third kappa shape index (κ3) is 46.1. The lowest BCUT2D eigenvalue weighted by atomic mass is 10.0. The first-order valence-electron chi connectivity index (χ1n) is 23.0. The Morgan fingerprint density at radius 1 is 0.542 bits per heavy atom. The van der Waals surface area contributed by atoms with Gasteiger partial charge in [-0.05, 0) is 70.6 Å². The van der Waals surface area contributed by atoms with Crippen LogP contribution in [0.3, 0.4) is 0 Å². The Bertz CT molecular complexity index is 1240. The number of esters is 2. The number of hydrogen-bond donors (Lipinski definition) is 3. The molecule has 0 heterocycles. The highest BCUT2D eigenvalue weighted by molar-refractivity contribution is 7.46. The minimum absolute atomic E-state index is 0.0676. The van der Waals surface area contributed by atoms with Gasteiger partial charge in [-0.15, -0.1) is 0 Å². The minimum Gasteiger partial charge on any atom is -0.462 e. The quantitative estimate of drug-likeness (QED) is 0.0180. The van der Waals surface area contributed by atoms with Crippen molar-refractivity contribution in [1.29, 1.82) is 0 Å². The molecule has 0 aliphatic heterocycles. The summed E-state index contributed by atoms with van der Waals surface area (Å²) in [7, 11) is -4.79. The van der Waals surface area contributed by atoms with Gasteiger partial charge in [-0.1, -0.05) is 189 Å². The highest BCUT2D eigenvalue weighted by Crippen LogP contribution is 2.36. The first-order chi connectivity index (χ1) is 28.7. The van der Waals surface area contributed by atoms with Gasteiger partial charge >= 0.3 is 19.8 Å². The van der Waals surface area contributed by atoms with Crippen LogP contribution in [0.1, 0.15) is 187 Å². The molecular formula is C49H83O9P. The number of hydrogen-bond acceptors (Lipinski definition) is 7. The average molecular weight is 847 g/mol. The Balaban J connectivity index is 4.02. The topological polar surface area (TPSA) is 140 Å². The van der Waals surface area contributed by atoms with Gasteiger partial charge < -0.3 is 24.4 Å². The summed E-state index contributed by atoms with van der Waals surface area (Å²) >= 11 is 0. The van der Waals surface area contributed by atoms with Crippen LogP contribution < -0.4 is 0 Å². The van der Waals surface area contributed by atoms with E-state index in [0.29, 0.717) is 19.3 Å². The third-order valence-electron chi connectivity index (χ3n) is 9.49. The van der Waals surface area contributed by atoms with Crippen molar-refractivity contribution >= 4 is 19.8 Å². The molecule has 0 saturated heterocycles. The standard InChI is InChI=1S/C49H83O9P/c1-3-5-7-8-9-10-11-12-13-14-15-16-17-18-19-22-25-28-31-34-38-42-48(51)56-44-47(45-57-59(53,54)55)58-49(52)43-39-35-32-29-26-23-20-21-24-27-30-33-37-41-46(50)40-36-6-4-2/h6,12-13,21,23-24,26,30,32-33,35-37,41,46-47,50H,3-5,7-11,14-20,22,25,27-29,31,34,38-40,42-45H2,1-2H3,(H2,53,54,55)/b13-12-,24-21-,26-23-,33-30+,35-32-,36-6-,41-37+/t46?,47-/m1/s1. The fourth-order valence-electron chi connectivity index (χ4n) is 6.07. The summed E-state index contributed by atoms with van der Waals surface area (Å²) in [6.07, 6.45) is 55.1.